The topological polar surface area (TPSA) is 79.3 Å². The average Bonchev–Trinajstić information content (AvgIpc) is 3.16. The van der Waals surface area contributed by atoms with Gasteiger partial charge >= 0.3 is 0 Å². The number of carbonyl (C=O) groups is 2. The zero-order valence-corrected chi connectivity index (χ0v) is 19.8. The molecular weight excluding hydrogens is 424 g/mol. The highest BCUT2D eigenvalue weighted by Gasteiger charge is 2.62. The van der Waals surface area contributed by atoms with Crippen molar-refractivity contribution < 1.29 is 14.7 Å². The Morgan fingerprint density at radius 2 is 2.03 bits per heavy atom. The number of anilines is 1. The highest BCUT2D eigenvalue weighted by Crippen LogP contribution is 2.66. The maximum atomic E-state index is 13.5. The summed E-state index contributed by atoms with van der Waals surface area (Å²) >= 11 is 0. The molecule has 0 bridgehead atoms. The summed E-state index contributed by atoms with van der Waals surface area (Å²) in [6.45, 7) is 4.42. The van der Waals surface area contributed by atoms with Crippen molar-refractivity contribution in [1.82, 2.24) is 4.98 Å². The first-order valence-corrected chi connectivity index (χ1v) is 12.6. The minimum atomic E-state index is -0.488. The Labute approximate surface area is 200 Å². The van der Waals surface area contributed by atoms with Gasteiger partial charge in [-0.2, -0.15) is 0 Å². The predicted octanol–water partition coefficient (Wildman–Crippen LogP) is 5.07. The lowest BCUT2D eigenvalue weighted by atomic mass is 9.47. The lowest BCUT2D eigenvalue weighted by Gasteiger charge is -2.58. The van der Waals surface area contributed by atoms with E-state index < -0.39 is 6.10 Å². The second-order valence-electron chi connectivity index (χ2n) is 11.3. The molecule has 176 valence electrons. The van der Waals surface area contributed by atoms with E-state index in [1.807, 2.05) is 36.4 Å². The van der Waals surface area contributed by atoms with Gasteiger partial charge in [-0.25, -0.2) is 0 Å². The number of aliphatic hydroxyl groups is 1. The molecule has 7 atom stereocenters. The molecule has 0 radical (unpaired) electrons. The van der Waals surface area contributed by atoms with Crippen LogP contribution in [-0.4, -0.2) is 27.9 Å². The normalized spacial score (nSPS) is 38.6. The van der Waals surface area contributed by atoms with Crippen LogP contribution in [0.3, 0.4) is 0 Å². The van der Waals surface area contributed by atoms with Gasteiger partial charge in [-0.05, 0) is 85.8 Å². The summed E-state index contributed by atoms with van der Waals surface area (Å²) in [5.41, 5.74) is 2.38. The Balaban J connectivity index is 1.26. The first-order valence-electron chi connectivity index (χ1n) is 12.6. The van der Waals surface area contributed by atoms with Crippen molar-refractivity contribution >= 4 is 28.3 Å². The van der Waals surface area contributed by atoms with Gasteiger partial charge in [-0.3, -0.25) is 14.6 Å². The van der Waals surface area contributed by atoms with Crippen molar-refractivity contribution in [2.24, 2.45) is 34.5 Å². The Hall–Kier alpha value is -2.79. The smallest absolute Gasteiger partial charge is 0.228 e. The minimum absolute atomic E-state index is 0.0585. The molecule has 0 spiro atoms. The van der Waals surface area contributed by atoms with Crippen molar-refractivity contribution in [3.05, 3.63) is 60.3 Å². The van der Waals surface area contributed by atoms with Gasteiger partial charge in [0.25, 0.3) is 0 Å². The van der Waals surface area contributed by atoms with Crippen molar-refractivity contribution in [3.63, 3.8) is 0 Å². The van der Waals surface area contributed by atoms with Crippen LogP contribution in [0, 0.1) is 34.5 Å². The number of amides is 1. The summed E-state index contributed by atoms with van der Waals surface area (Å²) in [5, 5.41) is 15.7. The van der Waals surface area contributed by atoms with E-state index in [2.05, 4.69) is 24.1 Å². The van der Waals surface area contributed by atoms with Gasteiger partial charge in [0.15, 0.2) is 5.78 Å². The maximum absolute atomic E-state index is 13.5. The van der Waals surface area contributed by atoms with Crippen LogP contribution < -0.4 is 5.32 Å². The van der Waals surface area contributed by atoms with E-state index in [0.717, 1.165) is 42.3 Å². The molecule has 3 saturated carbocycles. The highest BCUT2D eigenvalue weighted by molar-refractivity contribution is 6.01. The van der Waals surface area contributed by atoms with Crippen LogP contribution in [0.15, 0.2) is 60.3 Å². The lowest BCUT2D eigenvalue weighted by Crippen LogP contribution is -2.56. The monoisotopic (exact) mass is 456 g/mol. The van der Waals surface area contributed by atoms with Gasteiger partial charge in [0.05, 0.1) is 11.6 Å². The van der Waals surface area contributed by atoms with Crippen LogP contribution in [0.25, 0.3) is 10.9 Å². The van der Waals surface area contributed by atoms with Gasteiger partial charge in [0, 0.05) is 34.5 Å². The molecule has 5 nitrogen and oxygen atoms in total. The van der Waals surface area contributed by atoms with Gasteiger partial charge in [-0.15, -0.1) is 0 Å². The van der Waals surface area contributed by atoms with Crippen molar-refractivity contribution in [2.75, 3.05) is 5.32 Å². The summed E-state index contributed by atoms with van der Waals surface area (Å²) < 4.78 is 0. The average molecular weight is 457 g/mol. The summed E-state index contributed by atoms with van der Waals surface area (Å²) in [6.07, 6.45) is 11.2. The van der Waals surface area contributed by atoms with E-state index in [9.17, 15) is 14.7 Å². The Kier molecular flexibility index (Phi) is 4.86. The molecule has 34 heavy (non-hydrogen) atoms. The molecule has 0 saturated heterocycles. The second-order valence-corrected chi connectivity index (χ2v) is 11.3. The summed E-state index contributed by atoms with van der Waals surface area (Å²) in [6, 6.07) is 9.74. The van der Waals surface area contributed by atoms with Crippen LogP contribution in [0.5, 0.6) is 0 Å². The fourth-order valence-electron chi connectivity index (χ4n) is 8.14. The number of ketones is 1. The zero-order valence-electron chi connectivity index (χ0n) is 19.8. The molecule has 2 aromatic rings. The third-order valence-electron chi connectivity index (χ3n) is 9.68. The Morgan fingerprint density at radius 1 is 1.18 bits per heavy atom. The van der Waals surface area contributed by atoms with Crippen molar-refractivity contribution in [3.8, 4) is 0 Å². The molecule has 1 aromatic heterocycles. The van der Waals surface area contributed by atoms with Crippen molar-refractivity contribution in [1.29, 1.82) is 0 Å². The van der Waals surface area contributed by atoms with Crippen molar-refractivity contribution in [2.45, 2.75) is 52.1 Å². The summed E-state index contributed by atoms with van der Waals surface area (Å²) in [5.74, 6) is 0.864. The lowest BCUT2D eigenvalue weighted by molar-refractivity contribution is -0.136. The number of nitrogens with zero attached hydrogens (tertiary/aromatic N) is 1. The SMILES string of the molecule is CC12C=CC(=O)C=C1CCC1C2[C@@H](O)CC2(C)C(C(=O)Nc3ccc4ncccc4c3)CCC12. The van der Waals surface area contributed by atoms with Crippen LogP contribution in [-0.2, 0) is 9.59 Å². The van der Waals surface area contributed by atoms with E-state index in [1.165, 1.54) is 5.57 Å². The Morgan fingerprint density at radius 3 is 2.88 bits per heavy atom. The summed E-state index contributed by atoms with van der Waals surface area (Å²) in [7, 11) is 0. The first kappa shape index (κ1) is 21.7. The maximum Gasteiger partial charge on any atom is 0.228 e. The molecule has 1 aromatic carbocycles. The molecular formula is C29H32N2O3. The number of hydrogen-bond acceptors (Lipinski definition) is 4. The number of fused-ring (bicyclic) bond motifs is 6. The third kappa shape index (κ3) is 3.13. The highest BCUT2D eigenvalue weighted by atomic mass is 16.3. The number of hydrogen-bond donors (Lipinski definition) is 2. The number of nitrogens with one attached hydrogen (secondary N) is 1. The Bertz CT molecular complexity index is 1250. The molecule has 1 amide bonds. The predicted molar refractivity (Wildman–Crippen MR) is 132 cm³/mol. The van der Waals surface area contributed by atoms with E-state index in [4.69, 9.17) is 0 Å². The largest absolute Gasteiger partial charge is 0.393 e. The number of benzene rings is 1. The molecule has 2 N–H and O–H groups in total. The van der Waals surface area contributed by atoms with Crippen LogP contribution in [0.4, 0.5) is 5.69 Å². The standard InChI is InChI=1S/C29H32N2O3/c1-28-12-11-20(32)15-18(28)5-7-21-22-8-9-23(29(22,2)16-25(33)26(21)28)27(34)31-19-6-10-24-17(14-19)4-3-13-30-24/h3-4,6,10-15,21-23,25-26,33H,5,7-9,16H2,1-2H3,(H,31,34)/t21?,22?,23?,25-,26?,28?,29?/m0/s1. The van der Waals surface area contributed by atoms with Crippen LogP contribution in [0.2, 0.25) is 0 Å². The van der Waals surface area contributed by atoms with E-state index >= 15 is 0 Å². The zero-order chi connectivity index (χ0) is 23.7. The van der Waals surface area contributed by atoms with Gasteiger partial charge in [0.1, 0.15) is 0 Å². The summed E-state index contributed by atoms with van der Waals surface area (Å²) in [4.78, 5) is 29.9. The number of aliphatic hydroxyl groups excluding tert-OH is 1. The minimum Gasteiger partial charge on any atom is -0.393 e. The van der Waals surface area contributed by atoms with E-state index in [0.29, 0.717) is 18.3 Å². The fraction of sp³-hybridized carbons (Fsp3) is 0.483. The molecule has 3 fully saturated rings. The molecule has 5 heteroatoms. The third-order valence-corrected chi connectivity index (χ3v) is 9.68. The van der Waals surface area contributed by atoms with Crippen LogP contribution >= 0.6 is 0 Å². The fourth-order valence-corrected chi connectivity index (χ4v) is 8.14. The van der Waals surface area contributed by atoms with Crippen LogP contribution in [0.1, 0.15) is 46.0 Å². The molecule has 1 heterocycles. The number of rotatable bonds is 2. The number of aromatic nitrogens is 1. The number of carbonyl (C=O) groups excluding carboxylic acids is 2. The number of allylic oxidation sites excluding steroid dienone is 4. The van der Waals surface area contributed by atoms with E-state index in [1.54, 1.807) is 18.3 Å². The van der Waals surface area contributed by atoms with Gasteiger partial charge < -0.3 is 10.4 Å². The second kappa shape index (κ2) is 7.61. The molecule has 4 aliphatic carbocycles. The van der Waals surface area contributed by atoms with E-state index in [-0.39, 0.29) is 34.4 Å². The molecule has 6 unspecified atom stereocenters. The van der Waals surface area contributed by atoms with Gasteiger partial charge in [0.2, 0.25) is 5.91 Å². The molecule has 0 aliphatic heterocycles. The first-order chi connectivity index (χ1) is 16.3. The number of pyridine rings is 1. The quantitative estimate of drug-likeness (QED) is 0.661. The molecule has 6 rings (SSSR count). The van der Waals surface area contributed by atoms with Gasteiger partial charge in [-0.1, -0.05) is 31.6 Å². The molecule has 4 aliphatic rings.